The van der Waals surface area contributed by atoms with Crippen molar-refractivity contribution < 1.29 is 14.3 Å². The number of amides is 1. The van der Waals surface area contributed by atoms with E-state index in [0.717, 1.165) is 0 Å². The average Bonchev–Trinajstić information content (AvgIpc) is 2.48. The lowest BCUT2D eigenvalue weighted by atomic mass is 10.1. The van der Waals surface area contributed by atoms with Crippen LogP contribution >= 0.6 is 11.6 Å². The van der Waals surface area contributed by atoms with E-state index in [1.54, 1.807) is 48.5 Å². The first-order valence-electron chi connectivity index (χ1n) is 5.93. The van der Waals surface area contributed by atoms with Gasteiger partial charge in [-0.15, -0.1) is 0 Å². The number of hydrogen-bond acceptors (Lipinski definition) is 3. The largest absolute Gasteiger partial charge is 0.441 e. The summed E-state index contributed by atoms with van der Waals surface area (Å²) in [7, 11) is 0. The highest BCUT2D eigenvalue weighted by Crippen LogP contribution is 2.13. The minimum Gasteiger partial charge on any atom is -0.441 e. The van der Waals surface area contributed by atoms with Crippen LogP contribution in [0.4, 0.5) is 10.5 Å². The topological polar surface area (TPSA) is 55.4 Å². The summed E-state index contributed by atoms with van der Waals surface area (Å²) in [5.41, 5.74) is 1.05. The van der Waals surface area contributed by atoms with Crippen molar-refractivity contribution in [1.82, 2.24) is 0 Å². The zero-order valence-electron chi connectivity index (χ0n) is 10.5. The molecule has 2 rings (SSSR count). The summed E-state index contributed by atoms with van der Waals surface area (Å²) in [6.45, 7) is -0.302. The lowest BCUT2D eigenvalue weighted by Crippen LogP contribution is -2.18. The lowest BCUT2D eigenvalue weighted by Gasteiger charge is -2.06. The summed E-state index contributed by atoms with van der Waals surface area (Å²) in [5.74, 6) is -0.253. The zero-order chi connectivity index (χ0) is 14.4. The first kappa shape index (κ1) is 14.1. The maximum absolute atomic E-state index is 11.7. The number of carbonyl (C=O) groups is 2. The molecule has 0 saturated heterocycles. The SMILES string of the molecule is O=C(Nc1ccc(Cl)cc1)OCC(=O)c1ccccc1. The number of rotatable bonds is 4. The van der Waals surface area contributed by atoms with E-state index >= 15 is 0 Å². The molecule has 0 radical (unpaired) electrons. The zero-order valence-corrected chi connectivity index (χ0v) is 11.3. The van der Waals surface area contributed by atoms with Crippen LogP contribution in [-0.4, -0.2) is 18.5 Å². The molecule has 5 heteroatoms. The predicted molar refractivity (Wildman–Crippen MR) is 77.2 cm³/mol. The molecule has 0 atom stereocenters. The predicted octanol–water partition coefficient (Wildman–Crippen LogP) is 3.77. The van der Waals surface area contributed by atoms with Gasteiger partial charge in [-0.25, -0.2) is 4.79 Å². The minimum absolute atomic E-state index is 0.253. The van der Waals surface area contributed by atoms with Crippen molar-refractivity contribution in [2.45, 2.75) is 0 Å². The summed E-state index contributed by atoms with van der Waals surface area (Å²) >= 11 is 5.73. The monoisotopic (exact) mass is 289 g/mol. The summed E-state index contributed by atoms with van der Waals surface area (Å²) in [5, 5.41) is 3.08. The van der Waals surface area contributed by atoms with Crippen LogP contribution < -0.4 is 5.32 Å². The molecule has 1 N–H and O–H groups in total. The van der Waals surface area contributed by atoms with Crippen molar-refractivity contribution >= 4 is 29.2 Å². The van der Waals surface area contributed by atoms with Gasteiger partial charge in [0.1, 0.15) is 0 Å². The van der Waals surface area contributed by atoms with E-state index in [4.69, 9.17) is 16.3 Å². The molecule has 0 spiro atoms. The van der Waals surface area contributed by atoms with Gasteiger partial charge in [0.05, 0.1) is 0 Å². The van der Waals surface area contributed by atoms with E-state index in [1.165, 1.54) is 0 Å². The molecule has 102 valence electrons. The highest BCUT2D eigenvalue weighted by atomic mass is 35.5. The van der Waals surface area contributed by atoms with Crippen LogP contribution in [0.2, 0.25) is 5.02 Å². The molecule has 0 aromatic heterocycles. The number of anilines is 1. The molecule has 0 aliphatic rings. The second-order valence-electron chi connectivity index (χ2n) is 4.00. The van der Waals surface area contributed by atoms with Gasteiger partial charge in [-0.2, -0.15) is 0 Å². The van der Waals surface area contributed by atoms with Crippen LogP contribution in [0.25, 0.3) is 0 Å². The van der Waals surface area contributed by atoms with Gasteiger partial charge in [-0.05, 0) is 24.3 Å². The van der Waals surface area contributed by atoms with Gasteiger partial charge >= 0.3 is 6.09 Å². The molecular formula is C15H12ClNO3. The molecule has 0 aliphatic heterocycles. The van der Waals surface area contributed by atoms with Crippen molar-refractivity contribution in [2.75, 3.05) is 11.9 Å². The Morgan fingerprint density at radius 2 is 1.65 bits per heavy atom. The lowest BCUT2D eigenvalue weighted by molar-refractivity contribution is 0.0863. The minimum atomic E-state index is -0.684. The van der Waals surface area contributed by atoms with Crippen LogP contribution in [0.1, 0.15) is 10.4 Å². The average molecular weight is 290 g/mol. The molecule has 0 aliphatic carbocycles. The number of ketones is 1. The van der Waals surface area contributed by atoms with E-state index in [-0.39, 0.29) is 12.4 Å². The second kappa shape index (κ2) is 6.73. The molecule has 0 fully saturated rings. The summed E-state index contributed by atoms with van der Waals surface area (Å²) < 4.78 is 4.86. The molecular weight excluding hydrogens is 278 g/mol. The third-order valence-electron chi connectivity index (χ3n) is 2.52. The highest BCUT2D eigenvalue weighted by molar-refractivity contribution is 6.30. The van der Waals surface area contributed by atoms with E-state index in [1.807, 2.05) is 6.07 Å². The maximum atomic E-state index is 11.7. The van der Waals surface area contributed by atoms with Gasteiger partial charge in [0, 0.05) is 16.3 Å². The van der Waals surface area contributed by atoms with Gasteiger partial charge < -0.3 is 4.74 Å². The molecule has 2 aromatic rings. The first-order chi connectivity index (χ1) is 9.65. The van der Waals surface area contributed by atoms with Gasteiger partial charge in [-0.1, -0.05) is 41.9 Å². The van der Waals surface area contributed by atoms with Crippen molar-refractivity contribution in [3.63, 3.8) is 0 Å². The standard InChI is InChI=1S/C15H12ClNO3/c16-12-6-8-13(9-7-12)17-15(19)20-10-14(18)11-4-2-1-3-5-11/h1-9H,10H2,(H,17,19). The normalized spacial score (nSPS) is 9.85. The molecule has 0 saturated carbocycles. The molecule has 20 heavy (non-hydrogen) atoms. The van der Waals surface area contributed by atoms with Gasteiger partial charge in [-0.3, -0.25) is 10.1 Å². The van der Waals surface area contributed by atoms with Crippen molar-refractivity contribution in [2.24, 2.45) is 0 Å². The van der Waals surface area contributed by atoms with Gasteiger partial charge in [0.25, 0.3) is 0 Å². The number of benzene rings is 2. The number of Topliss-reactive ketones (excluding diaryl/α,β-unsaturated/α-hetero) is 1. The Labute approximate surface area is 121 Å². The maximum Gasteiger partial charge on any atom is 0.412 e. The van der Waals surface area contributed by atoms with Crippen LogP contribution in [0.5, 0.6) is 0 Å². The third-order valence-corrected chi connectivity index (χ3v) is 2.77. The Hall–Kier alpha value is -2.33. The number of ether oxygens (including phenoxy) is 1. The molecule has 1 amide bonds. The highest BCUT2D eigenvalue weighted by Gasteiger charge is 2.09. The number of carbonyl (C=O) groups excluding carboxylic acids is 2. The van der Waals surface area contributed by atoms with Crippen molar-refractivity contribution in [3.05, 3.63) is 65.2 Å². The fourth-order valence-corrected chi connectivity index (χ4v) is 1.65. The molecule has 0 heterocycles. The van der Waals surface area contributed by atoms with Crippen molar-refractivity contribution in [1.29, 1.82) is 0 Å². The van der Waals surface area contributed by atoms with Crippen LogP contribution in [0.3, 0.4) is 0 Å². The molecule has 0 unspecified atom stereocenters. The molecule has 2 aromatic carbocycles. The number of hydrogen-bond donors (Lipinski definition) is 1. The van der Waals surface area contributed by atoms with Gasteiger partial charge in [0.15, 0.2) is 12.4 Å². The summed E-state index contributed by atoms with van der Waals surface area (Å²) in [6.07, 6.45) is -0.684. The van der Waals surface area contributed by atoms with Crippen LogP contribution in [0.15, 0.2) is 54.6 Å². The van der Waals surface area contributed by atoms with Gasteiger partial charge in [0.2, 0.25) is 0 Å². The quantitative estimate of drug-likeness (QED) is 0.872. The third kappa shape index (κ3) is 4.10. The Morgan fingerprint density at radius 1 is 1.00 bits per heavy atom. The van der Waals surface area contributed by atoms with E-state index < -0.39 is 6.09 Å². The van der Waals surface area contributed by atoms with E-state index in [2.05, 4.69) is 5.32 Å². The Balaban J connectivity index is 1.83. The van der Waals surface area contributed by atoms with Crippen LogP contribution in [-0.2, 0) is 4.74 Å². The number of nitrogens with one attached hydrogen (secondary N) is 1. The fourth-order valence-electron chi connectivity index (χ4n) is 1.53. The van der Waals surface area contributed by atoms with E-state index in [9.17, 15) is 9.59 Å². The molecule has 4 nitrogen and oxygen atoms in total. The van der Waals surface area contributed by atoms with Crippen LogP contribution in [0, 0.1) is 0 Å². The summed E-state index contributed by atoms with van der Waals surface area (Å²) in [4.78, 5) is 23.2. The first-order valence-corrected chi connectivity index (χ1v) is 6.30. The Kier molecular flexibility index (Phi) is 4.74. The van der Waals surface area contributed by atoms with E-state index in [0.29, 0.717) is 16.3 Å². The molecule has 0 bridgehead atoms. The smallest absolute Gasteiger partial charge is 0.412 e. The second-order valence-corrected chi connectivity index (χ2v) is 4.43. The Morgan fingerprint density at radius 3 is 2.30 bits per heavy atom. The number of halogens is 1. The van der Waals surface area contributed by atoms with Crippen molar-refractivity contribution in [3.8, 4) is 0 Å². The Bertz CT molecular complexity index is 596. The fraction of sp³-hybridized carbons (Fsp3) is 0.0667. The summed E-state index contributed by atoms with van der Waals surface area (Å²) in [6, 6.07) is 15.2.